The molecule has 7 heteroatoms. The lowest BCUT2D eigenvalue weighted by molar-refractivity contribution is -0.135. The summed E-state index contributed by atoms with van der Waals surface area (Å²) in [5, 5.41) is 4.52. The molecule has 0 spiro atoms. The predicted octanol–water partition coefficient (Wildman–Crippen LogP) is 2.24. The summed E-state index contributed by atoms with van der Waals surface area (Å²) in [5.74, 6) is -0.969. The molecular weight excluding hydrogens is 265 g/mol. The molecule has 0 radical (unpaired) electrons. The van der Waals surface area contributed by atoms with E-state index in [9.17, 15) is 4.79 Å². The topological polar surface area (TPSA) is 76.7 Å². The second-order valence-electron chi connectivity index (χ2n) is 2.95. The summed E-state index contributed by atoms with van der Waals surface area (Å²) in [6.07, 6.45) is 0. The van der Waals surface area contributed by atoms with Crippen molar-refractivity contribution in [3.8, 4) is 0 Å². The largest absolute Gasteiger partial charge is 0.460 e. The van der Waals surface area contributed by atoms with Gasteiger partial charge in [-0.3, -0.25) is 5.43 Å². The van der Waals surface area contributed by atoms with E-state index in [4.69, 9.17) is 28.9 Å². The monoisotopic (exact) mass is 275 g/mol. The van der Waals surface area contributed by atoms with Crippen molar-refractivity contribution in [1.82, 2.24) is 0 Å². The Kier molecular flexibility index (Phi) is 5.06. The third-order valence-electron chi connectivity index (χ3n) is 1.71. The molecule has 3 N–H and O–H groups in total. The number of amidine groups is 1. The van der Waals surface area contributed by atoms with Crippen LogP contribution >= 0.6 is 23.2 Å². The third-order valence-corrected chi connectivity index (χ3v) is 2.26. The number of hydrogen-bond donors (Lipinski definition) is 2. The van der Waals surface area contributed by atoms with Crippen LogP contribution < -0.4 is 11.2 Å². The van der Waals surface area contributed by atoms with Gasteiger partial charge in [-0.15, -0.1) is 5.10 Å². The van der Waals surface area contributed by atoms with E-state index in [1.54, 1.807) is 25.1 Å². The molecule has 1 rings (SSSR count). The number of nitrogens with one attached hydrogen (secondary N) is 1. The molecule has 0 atom stereocenters. The van der Waals surface area contributed by atoms with Gasteiger partial charge in [0.25, 0.3) is 0 Å². The number of carbonyl (C=O) groups is 1. The Morgan fingerprint density at radius 1 is 1.53 bits per heavy atom. The zero-order chi connectivity index (χ0) is 12.8. The van der Waals surface area contributed by atoms with Crippen LogP contribution in [0, 0.1) is 0 Å². The van der Waals surface area contributed by atoms with Crippen molar-refractivity contribution in [2.45, 2.75) is 6.92 Å². The molecule has 0 aromatic heterocycles. The van der Waals surface area contributed by atoms with E-state index in [1.807, 2.05) is 0 Å². The van der Waals surface area contributed by atoms with Crippen LogP contribution in [-0.4, -0.2) is 18.4 Å². The molecule has 0 heterocycles. The van der Waals surface area contributed by atoms with E-state index < -0.39 is 5.97 Å². The number of nitrogens with two attached hydrogens (primary N) is 1. The molecule has 0 saturated carbocycles. The van der Waals surface area contributed by atoms with Crippen molar-refractivity contribution in [2.75, 3.05) is 12.0 Å². The Labute approximate surface area is 109 Å². The molecular formula is C10H11Cl2N3O2. The van der Waals surface area contributed by atoms with Gasteiger partial charge in [-0.1, -0.05) is 23.2 Å². The highest BCUT2D eigenvalue weighted by Crippen LogP contribution is 2.25. The van der Waals surface area contributed by atoms with Gasteiger partial charge in [-0.2, -0.15) is 0 Å². The maximum absolute atomic E-state index is 11.1. The van der Waals surface area contributed by atoms with Crippen LogP contribution in [0.3, 0.4) is 0 Å². The highest BCUT2D eigenvalue weighted by atomic mass is 35.5. The normalized spacial score (nSPS) is 11.1. The number of ether oxygens (including phenoxy) is 1. The van der Waals surface area contributed by atoms with Gasteiger partial charge >= 0.3 is 5.97 Å². The molecule has 1 aromatic rings. The number of halogens is 2. The van der Waals surface area contributed by atoms with Crippen LogP contribution in [0.4, 0.5) is 5.69 Å². The standard InChI is InChI=1S/C10H11Cl2N3O2/c1-2-17-10(16)9(13)15-14-8-4-3-6(11)5-7(8)12/h3-5,14H,2H2,1H3,(H2,13,15). The second kappa shape index (κ2) is 6.32. The van der Waals surface area contributed by atoms with Gasteiger partial charge in [0.05, 0.1) is 17.3 Å². The maximum Gasteiger partial charge on any atom is 0.375 e. The Balaban J connectivity index is 2.72. The van der Waals surface area contributed by atoms with Crippen LogP contribution in [0.15, 0.2) is 23.3 Å². The van der Waals surface area contributed by atoms with Gasteiger partial charge in [-0.05, 0) is 25.1 Å². The summed E-state index contributed by atoms with van der Waals surface area (Å²) in [6.45, 7) is 1.91. The minimum absolute atomic E-state index is 0.233. The van der Waals surface area contributed by atoms with Crippen molar-refractivity contribution < 1.29 is 9.53 Å². The first-order valence-corrected chi connectivity index (χ1v) is 5.51. The highest BCUT2D eigenvalue weighted by molar-refractivity contribution is 6.36. The van der Waals surface area contributed by atoms with E-state index in [0.717, 1.165) is 0 Å². The minimum Gasteiger partial charge on any atom is -0.460 e. The highest BCUT2D eigenvalue weighted by Gasteiger charge is 2.07. The van der Waals surface area contributed by atoms with Crippen LogP contribution in [0.25, 0.3) is 0 Å². The van der Waals surface area contributed by atoms with Gasteiger partial charge in [-0.25, -0.2) is 4.79 Å². The summed E-state index contributed by atoms with van der Waals surface area (Å²) in [6, 6.07) is 4.79. The molecule has 0 aliphatic carbocycles. The number of carbonyl (C=O) groups excluding carboxylic acids is 1. The minimum atomic E-state index is -0.690. The summed E-state index contributed by atoms with van der Waals surface area (Å²) >= 11 is 11.6. The zero-order valence-corrected chi connectivity index (χ0v) is 10.5. The van der Waals surface area contributed by atoms with E-state index >= 15 is 0 Å². The van der Waals surface area contributed by atoms with E-state index in [2.05, 4.69) is 15.3 Å². The first-order valence-electron chi connectivity index (χ1n) is 4.76. The third kappa shape index (κ3) is 4.13. The molecule has 92 valence electrons. The van der Waals surface area contributed by atoms with E-state index in [0.29, 0.717) is 15.7 Å². The molecule has 0 amide bonds. The Morgan fingerprint density at radius 3 is 2.82 bits per heavy atom. The lowest BCUT2D eigenvalue weighted by atomic mass is 10.3. The fourth-order valence-electron chi connectivity index (χ4n) is 0.951. The number of benzene rings is 1. The average molecular weight is 276 g/mol. The van der Waals surface area contributed by atoms with Gasteiger partial charge in [0.1, 0.15) is 0 Å². The lowest BCUT2D eigenvalue weighted by Crippen LogP contribution is -2.27. The fraction of sp³-hybridized carbons (Fsp3) is 0.200. The van der Waals surface area contributed by atoms with Crippen molar-refractivity contribution >= 4 is 40.7 Å². The molecule has 0 aliphatic rings. The van der Waals surface area contributed by atoms with Crippen molar-refractivity contribution in [3.63, 3.8) is 0 Å². The molecule has 5 nitrogen and oxygen atoms in total. The lowest BCUT2D eigenvalue weighted by Gasteiger charge is -2.05. The number of anilines is 1. The first kappa shape index (κ1) is 13.6. The molecule has 1 aromatic carbocycles. The average Bonchev–Trinajstić information content (AvgIpc) is 2.27. The van der Waals surface area contributed by atoms with Crippen molar-refractivity contribution in [1.29, 1.82) is 0 Å². The Bertz CT molecular complexity index is 449. The smallest absolute Gasteiger partial charge is 0.375 e. The van der Waals surface area contributed by atoms with Crippen molar-refractivity contribution in [3.05, 3.63) is 28.2 Å². The molecule has 17 heavy (non-hydrogen) atoms. The second-order valence-corrected chi connectivity index (χ2v) is 3.80. The van der Waals surface area contributed by atoms with Crippen LogP contribution in [0.1, 0.15) is 6.92 Å². The molecule has 0 fully saturated rings. The summed E-state index contributed by atoms with van der Waals surface area (Å²) in [5.41, 5.74) is 8.41. The van der Waals surface area contributed by atoms with Crippen LogP contribution in [-0.2, 0) is 9.53 Å². The number of hydrogen-bond acceptors (Lipinski definition) is 4. The van der Waals surface area contributed by atoms with Crippen LogP contribution in [0.5, 0.6) is 0 Å². The number of rotatable bonds is 3. The number of nitrogens with zero attached hydrogens (tertiary/aromatic N) is 1. The SMILES string of the molecule is CCOC(=O)/C(N)=N/Nc1ccc(Cl)cc1Cl. The summed E-state index contributed by atoms with van der Waals surface area (Å²) in [4.78, 5) is 11.1. The van der Waals surface area contributed by atoms with Gasteiger partial charge in [0.2, 0.25) is 5.84 Å². The first-order chi connectivity index (χ1) is 8.04. The van der Waals surface area contributed by atoms with E-state index in [-0.39, 0.29) is 12.4 Å². The Hall–Kier alpha value is -1.46. The quantitative estimate of drug-likeness (QED) is 0.384. The molecule has 0 unspecified atom stereocenters. The van der Waals surface area contributed by atoms with Crippen molar-refractivity contribution in [2.24, 2.45) is 10.8 Å². The van der Waals surface area contributed by atoms with Crippen LogP contribution in [0.2, 0.25) is 10.0 Å². The number of esters is 1. The molecule has 0 aliphatic heterocycles. The zero-order valence-electron chi connectivity index (χ0n) is 9.04. The van der Waals surface area contributed by atoms with E-state index in [1.165, 1.54) is 0 Å². The van der Waals surface area contributed by atoms with Gasteiger partial charge in [0, 0.05) is 5.02 Å². The molecule has 0 saturated heterocycles. The number of hydrazone groups is 1. The predicted molar refractivity (Wildman–Crippen MR) is 68.3 cm³/mol. The molecule has 0 bridgehead atoms. The fourth-order valence-corrected chi connectivity index (χ4v) is 1.40. The van der Waals surface area contributed by atoms with Gasteiger partial charge in [0.15, 0.2) is 0 Å². The summed E-state index contributed by atoms with van der Waals surface area (Å²) in [7, 11) is 0. The van der Waals surface area contributed by atoms with Gasteiger partial charge < -0.3 is 10.5 Å². The maximum atomic E-state index is 11.1. The summed E-state index contributed by atoms with van der Waals surface area (Å²) < 4.78 is 4.65. The Morgan fingerprint density at radius 2 is 2.24 bits per heavy atom.